The quantitative estimate of drug-likeness (QED) is 0.731. The van der Waals surface area contributed by atoms with E-state index in [0.717, 1.165) is 24.0 Å². The van der Waals surface area contributed by atoms with Crippen molar-refractivity contribution in [3.8, 4) is 11.1 Å². The van der Waals surface area contributed by atoms with Gasteiger partial charge in [0.2, 0.25) is 5.91 Å². The van der Waals surface area contributed by atoms with E-state index in [1.54, 1.807) is 6.92 Å². The third-order valence-corrected chi connectivity index (χ3v) is 6.17. The highest BCUT2D eigenvalue weighted by Crippen LogP contribution is 2.38. The first-order chi connectivity index (χ1) is 13.9. The lowest BCUT2D eigenvalue weighted by molar-refractivity contribution is -0.313. The Balaban J connectivity index is 1.92. The van der Waals surface area contributed by atoms with Crippen LogP contribution in [0.4, 0.5) is 5.00 Å². The van der Waals surface area contributed by atoms with Crippen LogP contribution >= 0.6 is 11.3 Å². The fraction of sp³-hybridized carbons (Fsp3) is 0.409. The van der Waals surface area contributed by atoms with E-state index < -0.39 is 23.8 Å². The second-order valence-electron chi connectivity index (χ2n) is 7.25. The summed E-state index contributed by atoms with van der Waals surface area (Å²) in [5, 5.41) is 16.4. The molecular weight excluding hydrogens is 390 g/mol. The number of carbonyl (C=O) groups excluding carboxylic acids is 3. The summed E-state index contributed by atoms with van der Waals surface area (Å²) < 4.78 is 5.21. The molecule has 0 aliphatic heterocycles. The first-order valence-corrected chi connectivity index (χ1v) is 10.7. The molecule has 7 heteroatoms. The molecule has 0 bridgehead atoms. The Morgan fingerprint density at radius 2 is 1.79 bits per heavy atom. The van der Waals surface area contributed by atoms with E-state index >= 15 is 0 Å². The van der Waals surface area contributed by atoms with Gasteiger partial charge in [0.25, 0.3) is 0 Å². The Morgan fingerprint density at radius 1 is 1.14 bits per heavy atom. The molecule has 0 radical (unpaired) electrons. The van der Waals surface area contributed by atoms with Crippen LogP contribution in [0.15, 0.2) is 29.6 Å². The van der Waals surface area contributed by atoms with Crippen LogP contribution in [-0.2, 0) is 14.3 Å². The fourth-order valence-corrected chi connectivity index (χ4v) is 4.69. The lowest BCUT2D eigenvalue weighted by Crippen LogP contribution is -2.42. The molecule has 1 amide bonds. The lowest BCUT2D eigenvalue weighted by atomic mass is 9.79. The summed E-state index contributed by atoms with van der Waals surface area (Å²) in [6.07, 6.45) is 2.50. The van der Waals surface area contributed by atoms with Crippen molar-refractivity contribution in [3.05, 3.63) is 40.8 Å². The maximum absolute atomic E-state index is 12.9. The van der Waals surface area contributed by atoms with E-state index in [2.05, 4.69) is 5.32 Å². The summed E-state index contributed by atoms with van der Waals surface area (Å²) in [7, 11) is 0. The van der Waals surface area contributed by atoms with Gasteiger partial charge >= 0.3 is 5.97 Å². The summed E-state index contributed by atoms with van der Waals surface area (Å²) >= 11 is 1.24. The van der Waals surface area contributed by atoms with Gasteiger partial charge in [-0.1, -0.05) is 42.7 Å². The van der Waals surface area contributed by atoms with Crippen LogP contribution in [0.2, 0.25) is 0 Å². The Morgan fingerprint density at radius 3 is 2.41 bits per heavy atom. The van der Waals surface area contributed by atoms with Crippen LogP contribution in [0.1, 0.15) is 48.5 Å². The Bertz CT molecular complexity index is 902. The number of aliphatic carboxylic acids is 1. The van der Waals surface area contributed by atoms with Crippen LogP contribution < -0.4 is 10.4 Å². The van der Waals surface area contributed by atoms with Crippen molar-refractivity contribution in [2.24, 2.45) is 11.8 Å². The molecule has 1 N–H and O–H groups in total. The number of carbonyl (C=O) groups is 3. The average molecular weight is 415 g/mol. The third-order valence-electron chi connectivity index (χ3n) is 5.28. The number of thiophene rings is 1. The van der Waals surface area contributed by atoms with Crippen LogP contribution in [0.5, 0.6) is 0 Å². The predicted octanol–water partition coefficient (Wildman–Crippen LogP) is 3.40. The molecule has 1 heterocycles. The van der Waals surface area contributed by atoms with Crippen molar-refractivity contribution in [2.75, 3.05) is 11.9 Å². The van der Waals surface area contributed by atoms with E-state index in [0.29, 0.717) is 29.0 Å². The highest BCUT2D eigenvalue weighted by molar-refractivity contribution is 7.15. The number of rotatable bonds is 6. The summed E-state index contributed by atoms with van der Waals surface area (Å²) in [4.78, 5) is 36.9. The molecule has 1 saturated carbocycles. The van der Waals surface area contributed by atoms with Gasteiger partial charge in [-0.25, -0.2) is 4.79 Å². The van der Waals surface area contributed by atoms with Crippen LogP contribution in [0.3, 0.4) is 0 Å². The SMILES string of the molecule is CCOC(=O)c1c(-c2ccc(C)cc2)csc1NC(=O)C1CCCCC1C(=O)[O-]. The van der Waals surface area contributed by atoms with Crippen molar-refractivity contribution in [1.29, 1.82) is 0 Å². The summed E-state index contributed by atoms with van der Waals surface area (Å²) in [6, 6.07) is 7.73. The highest BCUT2D eigenvalue weighted by Gasteiger charge is 2.33. The van der Waals surface area contributed by atoms with Crippen molar-refractivity contribution in [1.82, 2.24) is 0 Å². The second kappa shape index (κ2) is 9.22. The van der Waals surface area contributed by atoms with Gasteiger partial charge in [-0.05, 0) is 32.3 Å². The first-order valence-electron chi connectivity index (χ1n) is 9.79. The Hall–Kier alpha value is -2.67. The molecule has 6 nitrogen and oxygen atoms in total. The van der Waals surface area contributed by atoms with Crippen LogP contribution in [0, 0.1) is 18.8 Å². The van der Waals surface area contributed by atoms with Gasteiger partial charge in [-0.2, -0.15) is 0 Å². The molecular formula is C22H24NO5S-. The molecule has 0 spiro atoms. The predicted molar refractivity (Wildman–Crippen MR) is 110 cm³/mol. The molecule has 29 heavy (non-hydrogen) atoms. The van der Waals surface area contributed by atoms with Gasteiger partial charge < -0.3 is 20.0 Å². The number of anilines is 1. The minimum Gasteiger partial charge on any atom is -0.550 e. The van der Waals surface area contributed by atoms with Crippen LogP contribution in [-0.4, -0.2) is 24.5 Å². The standard InChI is InChI=1S/C22H25NO5S/c1-3-28-22(27)18-17(14-10-8-13(2)9-11-14)12-29-20(18)23-19(24)15-6-4-5-7-16(15)21(25)26/h8-12,15-16H,3-7H2,1-2H3,(H,23,24)(H,25,26)/p-1. The summed E-state index contributed by atoms with van der Waals surface area (Å²) in [5.74, 6) is -3.55. The number of esters is 1. The number of carboxylic acid groups (broad SMARTS) is 1. The van der Waals surface area contributed by atoms with Crippen LogP contribution in [0.25, 0.3) is 11.1 Å². The molecule has 2 unspecified atom stereocenters. The normalized spacial score (nSPS) is 18.8. The molecule has 1 fully saturated rings. The molecule has 1 aromatic carbocycles. The van der Waals surface area contributed by atoms with E-state index in [1.807, 2.05) is 36.6 Å². The third kappa shape index (κ3) is 4.67. The maximum Gasteiger partial charge on any atom is 0.341 e. The number of hydrogen-bond donors (Lipinski definition) is 1. The fourth-order valence-electron chi connectivity index (χ4n) is 3.73. The van der Waals surface area contributed by atoms with E-state index in [-0.39, 0.29) is 12.5 Å². The second-order valence-corrected chi connectivity index (χ2v) is 8.13. The van der Waals surface area contributed by atoms with E-state index in [1.165, 1.54) is 11.3 Å². The number of amides is 1. The smallest absolute Gasteiger partial charge is 0.341 e. The summed E-state index contributed by atoms with van der Waals surface area (Å²) in [5.41, 5.74) is 2.93. The Kier molecular flexibility index (Phi) is 6.69. The number of hydrogen-bond acceptors (Lipinski definition) is 6. The van der Waals surface area contributed by atoms with Gasteiger partial charge in [-0.3, -0.25) is 4.79 Å². The molecule has 1 aliphatic carbocycles. The largest absolute Gasteiger partial charge is 0.550 e. The topological polar surface area (TPSA) is 95.5 Å². The minimum atomic E-state index is -1.19. The molecule has 1 aromatic heterocycles. The molecule has 1 aliphatic rings. The zero-order chi connectivity index (χ0) is 21.0. The van der Waals surface area contributed by atoms with Gasteiger partial charge in [0.15, 0.2) is 0 Å². The summed E-state index contributed by atoms with van der Waals surface area (Å²) in [6.45, 7) is 3.92. The maximum atomic E-state index is 12.9. The molecule has 154 valence electrons. The highest BCUT2D eigenvalue weighted by atomic mass is 32.1. The number of aryl methyl sites for hydroxylation is 1. The molecule has 2 atom stereocenters. The van der Waals surface area contributed by atoms with Crippen molar-refractivity contribution in [2.45, 2.75) is 39.5 Å². The number of nitrogens with one attached hydrogen (secondary N) is 1. The van der Waals surface area contributed by atoms with Gasteiger partial charge in [0.05, 0.1) is 6.61 Å². The number of carboxylic acids is 1. The monoisotopic (exact) mass is 414 g/mol. The molecule has 2 aromatic rings. The van der Waals surface area contributed by atoms with Crippen molar-refractivity contribution < 1.29 is 24.2 Å². The van der Waals surface area contributed by atoms with E-state index in [9.17, 15) is 19.5 Å². The zero-order valence-corrected chi connectivity index (χ0v) is 17.3. The minimum absolute atomic E-state index is 0.213. The van der Waals surface area contributed by atoms with Crippen molar-refractivity contribution in [3.63, 3.8) is 0 Å². The Labute approximate surface area is 173 Å². The van der Waals surface area contributed by atoms with E-state index in [4.69, 9.17) is 4.74 Å². The van der Waals surface area contributed by atoms with Gasteiger partial charge in [-0.15, -0.1) is 11.3 Å². The number of benzene rings is 1. The van der Waals surface area contributed by atoms with Gasteiger partial charge in [0.1, 0.15) is 10.6 Å². The van der Waals surface area contributed by atoms with Gasteiger partial charge in [0, 0.05) is 28.7 Å². The number of ether oxygens (including phenoxy) is 1. The molecule has 3 rings (SSSR count). The lowest BCUT2D eigenvalue weighted by Gasteiger charge is -2.31. The first kappa shape index (κ1) is 21.0. The average Bonchev–Trinajstić information content (AvgIpc) is 3.12. The zero-order valence-electron chi connectivity index (χ0n) is 16.5. The molecule has 0 saturated heterocycles. The van der Waals surface area contributed by atoms with Crippen molar-refractivity contribution >= 4 is 34.2 Å².